The molecule has 1 heterocycles. The quantitative estimate of drug-likeness (QED) is 0.882. The summed E-state index contributed by atoms with van der Waals surface area (Å²) in [5.41, 5.74) is 1.15. The van der Waals surface area contributed by atoms with Gasteiger partial charge in [-0.15, -0.1) is 0 Å². The normalized spacial score (nSPS) is 18.1. The first-order valence-corrected chi connectivity index (χ1v) is 9.22. The minimum Gasteiger partial charge on any atom is -0.496 e. The fourth-order valence-electron chi connectivity index (χ4n) is 3.58. The van der Waals surface area contributed by atoms with Crippen LogP contribution in [0.1, 0.15) is 32.8 Å². The summed E-state index contributed by atoms with van der Waals surface area (Å²) in [6.07, 6.45) is 0.988. The van der Waals surface area contributed by atoms with Crippen LogP contribution in [-0.4, -0.2) is 42.7 Å². The molecular formula is C21H29N3O2. The van der Waals surface area contributed by atoms with E-state index >= 15 is 0 Å². The molecule has 1 unspecified atom stereocenters. The maximum absolute atomic E-state index is 12.4. The minimum absolute atomic E-state index is 0.124. The molecule has 26 heavy (non-hydrogen) atoms. The highest BCUT2D eigenvalue weighted by Gasteiger charge is 2.30. The van der Waals surface area contributed by atoms with Gasteiger partial charge in [-0.1, -0.05) is 30.3 Å². The SMILES string of the molecule is COc1ccc2ccccc2c1CNC(=O)NC1CCN(C(C)(C)C)C1. The van der Waals surface area contributed by atoms with Crippen LogP contribution in [0.25, 0.3) is 10.8 Å². The molecule has 2 N–H and O–H groups in total. The highest BCUT2D eigenvalue weighted by molar-refractivity contribution is 5.88. The molecule has 1 aliphatic rings. The highest BCUT2D eigenvalue weighted by atomic mass is 16.5. The number of benzene rings is 2. The van der Waals surface area contributed by atoms with Gasteiger partial charge < -0.3 is 15.4 Å². The van der Waals surface area contributed by atoms with Gasteiger partial charge in [0.15, 0.2) is 0 Å². The van der Waals surface area contributed by atoms with Crippen LogP contribution in [0, 0.1) is 0 Å². The number of amides is 2. The lowest BCUT2D eigenvalue weighted by atomic mass is 10.0. The van der Waals surface area contributed by atoms with Crippen molar-refractivity contribution in [2.75, 3.05) is 20.2 Å². The predicted octanol–water partition coefficient (Wildman–Crippen LogP) is 3.52. The van der Waals surface area contributed by atoms with E-state index in [2.05, 4.69) is 48.4 Å². The Morgan fingerprint density at radius 3 is 2.69 bits per heavy atom. The van der Waals surface area contributed by atoms with Crippen molar-refractivity contribution in [1.29, 1.82) is 0 Å². The van der Waals surface area contributed by atoms with Gasteiger partial charge >= 0.3 is 6.03 Å². The number of ether oxygens (including phenoxy) is 1. The first-order valence-electron chi connectivity index (χ1n) is 9.22. The topological polar surface area (TPSA) is 53.6 Å². The monoisotopic (exact) mass is 355 g/mol. The van der Waals surface area contributed by atoms with Gasteiger partial charge in [0.05, 0.1) is 7.11 Å². The molecule has 5 nitrogen and oxygen atoms in total. The lowest BCUT2D eigenvalue weighted by Gasteiger charge is -2.31. The molecule has 0 spiro atoms. The molecule has 2 aromatic rings. The summed E-state index contributed by atoms with van der Waals surface area (Å²) in [5, 5.41) is 8.35. The van der Waals surface area contributed by atoms with Gasteiger partial charge in [0.1, 0.15) is 5.75 Å². The average Bonchev–Trinajstić information content (AvgIpc) is 3.08. The molecule has 1 atom stereocenters. The third kappa shape index (κ3) is 4.10. The second kappa shape index (κ2) is 7.54. The number of carbonyl (C=O) groups is 1. The predicted molar refractivity (Wildman–Crippen MR) is 106 cm³/mol. The van der Waals surface area contributed by atoms with Gasteiger partial charge in [-0.05, 0) is 44.0 Å². The van der Waals surface area contributed by atoms with Crippen LogP contribution in [0.4, 0.5) is 4.79 Å². The lowest BCUT2D eigenvalue weighted by Crippen LogP contribution is -2.45. The highest BCUT2D eigenvalue weighted by Crippen LogP contribution is 2.27. The second-order valence-corrected chi connectivity index (χ2v) is 7.90. The van der Waals surface area contributed by atoms with Crippen molar-refractivity contribution >= 4 is 16.8 Å². The van der Waals surface area contributed by atoms with Gasteiger partial charge in [-0.2, -0.15) is 0 Å². The van der Waals surface area contributed by atoms with E-state index in [0.29, 0.717) is 6.54 Å². The fraction of sp³-hybridized carbons (Fsp3) is 0.476. The minimum atomic E-state index is -0.124. The third-order valence-electron chi connectivity index (χ3n) is 5.12. The number of hydrogen-bond donors (Lipinski definition) is 2. The van der Waals surface area contributed by atoms with Crippen LogP contribution >= 0.6 is 0 Å². The van der Waals surface area contributed by atoms with E-state index in [0.717, 1.165) is 41.6 Å². The zero-order valence-electron chi connectivity index (χ0n) is 16.1. The lowest BCUT2D eigenvalue weighted by molar-refractivity contribution is 0.170. The van der Waals surface area contributed by atoms with Crippen LogP contribution in [0.2, 0.25) is 0 Å². The van der Waals surface area contributed by atoms with Gasteiger partial charge in [0, 0.05) is 36.8 Å². The Balaban J connectivity index is 1.63. The van der Waals surface area contributed by atoms with E-state index in [1.807, 2.05) is 24.3 Å². The molecule has 1 fully saturated rings. The third-order valence-corrected chi connectivity index (χ3v) is 5.12. The molecule has 2 amide bonds. The molecule has 0 saturated carbocycles. The number of nitrogens with zero attached hydrogens (tertiary/aromatic N) is 1. The molecule has 140 valence electrons. The summed E-state index contributed by atoms with van der Waals surface area (Å²) >= 11 is 0. The number of carbonyl (C=O) groups excluding carboxylic acids is 1. The Hall–Kier alpha value is -2.27. The molecular weight excluding hydrogens is 326 g/mol. The van der Waals surface area contributed by atoms with Crippen LogP contribution in [-0.2, 0) is 6.54 Å². The van der Waals surface area contributed by atoms with Gasteiger partial charge in [0.25, 0.3) is 0 Å². The number of likely N-dealkylation sites (tertiary alicyclic amines) is 1. The maximum Gasteiger partial charge on any atom is 0.315 e. The Kier molecular flexibility index (Phi) is 5.37. The maximum atomic E-state index is 12.4. The zero-order chi connectivity index (χ0) is 18.7. The zero-order valence-corrected chi connectivity index (χ0v) is 16.1. The van der Waals surface area contributed by atoms with E-state index in [9.17, 15) is 4.79 Å². The fourth-order valence-corrected chi connectivity index (χ4v) is 3.58. The van der Waals surface area contributed by atoms with Crippen molar-refractivity contribution in [3.8, 4) is 5.75 Å². The molecule has 2 aromatic carbocycles. The van der Waals surface area contributed by atoms with Crippen molar-refractivity contribution in [3.05, 3.63) is 42.0 Å². The summed E-state index contributed by atoms with van der Waals surface area (Å²) in [6.45, 7) is 8.99. The average molecular weight is 355 g/mol. The number of methoxy groups -OCH3 is 1. The van der Waals surface area contributed by atoms with Gasteiger partial charge in [-0.3, -0.25) is 4.90 Å². The largest absolute Gasteiger partial charge is 0.496 e. The molecule has 0 radical (unpaired) electrons. The molecule has 1 saturated heterocycles. The first kappa shape index (κ1) is 18.5. The van der Waals surface area contributed by atoms with E-state index in [1.165, 1.54) is 0 Å². The summed E-state index contributed by atoms with van der Waals surface area (Å²) in [6, 6.07) is 12.2. The standard InChI is InChI=1S/C21H29N3O2/c1-21(2,3)24-12-11-16(14-24)23-20(25)22-13-18-17-8-6-5-7-15(17)9-10-19(18)26-4/h5-10,16H,11-14H2,1-4H3,(H2,22,23,25). The number of rotatable bonds is 4. The number of fused-ring (bicyclic) bond motifs is 1. The summed E-state index contributed by atoms with van der Waals surface area (Å²) < 4.78 is 5.49. The van der Waals surface area contributed by atoms with Crippen molar-refractivity contribution in [2.24, 2.45) is 0 Å². The van der Waals surface area contributed by atoms with E-state index in [-0.39, 0.29) is 17.6 Å². The second-order valence-electron chi connectivity index (χ2n) is 7.90. The van der Waals surface area contributed by atoms with Crippen molar-refractivity contribution in [2.45, 2.75) is 45.3 Å². The first-order chi connectivity index (χ1) is 12.4. The van der Waals surface area contributed by atoms with Crippen LogP contribution < -0.4 is 15.4 Å². The molecule has 3 rings (SSSR count). The van der Waals surface area contributed by atoms with Crippen molar-refractivity contribution in [1.82, 2.24) is 15.5 Å². The number of hydrogen-bond acceptors (Lipinski definition) is 3. The van der Waals surface area contributed by atoms with Gasteiger partial charge in [-0.25, -0.2) is 4.79 Å². The number of nitrogens with one attached hydrogen (secondary N) is 2. The molecule has 0 bridgehead atoms. The van der Waals surface area contributed by atoms with E-state index in [4.69, 9.17) is 4.74 Å². The van der Waals surface area contributed by atoms with Crippen molar-refractivity contribution < 1.29 is 9.53 Å². The Morgan fingerprint density at radius 1 is 1.23 bits per heavy atom. The number of urea groups is 1. The van der Waals surface area contributed by atoms with Crippen molar-refractivity contribution in [3.63, 3.8) is 0 Å². The Labute approximate surface area is 155 Å². The summed E-state index contributed by atoms with van der Waals surface area (Å²) in [7, 11) is 1.66. The van der Waals surface area contributed by atoms with Crippen LogP contribution in [0.5, 0.6) is 5.75 Å². The van der Waals surface area contributed by atoms with E-state index < -0.39 is 0 Å². The molecule has 0 aliphatic carbocycles. The summed E-state index contributed by atoms with van der Waals surface area (Å²) in [4.78, 5) is 14.8. The Morgan fingerprint density at radius 2 is 2.00 bits per heavy atom. The van der Waals surface area contributed by atoms with Crippen LogP contribution in [0.3, 0.4) is 0 Å². The smallest absolute Gasteiger partial charge is 0.315 e. The molecule has 1 aliphatic heterocycles. The van der Waals surface area contributed by atoms with Crippen LogP contribution in [0.15, 0.2) is 36.4 Å². The Bertz CT molecular complexity index is 782. The molecule has 0 aromatic heterocycles. The summed E-state index contributed by atoms with van der Waals surface area (Å²) in [5.74, 6) is 0.795. The van der Waals surface area contributed by atoms with Gasteiger partial charge in [0.2, 0.25) is 0 Å². The van der Waals surface area contributed by atoms with E-state index in [1.54, 1.807) is 7.11 Å². The molecule has 5 heteroatoms.